The van der Waals surface area contributed by atoms with E-state index in [1.165, 1.54) is 17.8 Å². The number of H-pyrrole nitrogens is 1. The van der Waals surface area contributed by atoms with Crippen LogP contribution in [0.3, 0.4) is 0 Å². The lowest BCUT2D eigenvalue weighted by Gasteiger charge is -2.32. The molecule has 2 atom stereocenters. The number of imidazole rings is 1. The van der Waals surface area contributed by atoms with Crippen LogP contribution in [-0.2, 0) is 12.2 Å². The van der Waals surface area contributed by atoms with Crippen molar-refractivity contribution in [3.8, 4) is 11.6 Å². The summed E-state index contributed by atoms with van der Waals surface area (Å²) in [7, 11) is 0. The molecule has 40 heavy (non-hydrogen) atoms. The number of aryl methyl sites for hydroxylation is 2. The quantitative estimate of drug-likeness (QED) is 0.269. The van der Waals surface area contributed by atoms with Crippen LogP contribution in [0.2, 0.25) is 0 Å². The van der Waals surface area contributed by atoms with Gasteiger partial charge in [0, 0.05) is 17.5 Å². The molecule has 12 heteroatoms. The van der Waals surface area contributed by atoms with E-state index in [0.29, 0.717) is 47.0 Å². The monoisotopic (exact) mass is 568 g/mol. The van der Waals surface area contributed by atoms with Crippen molar-refractivity contribution in [2.24, 2.45) is 17.8 Å². The van der Waals surface area contributed by atoms with Gasteiger partial charge >= 0.3 is 5.76 Å². The maximum Gasteiger partial charge on any atom is 0.439 e. The first-order valence-corrected chi connectivity index (χ1v) is 15.2. The summed E-state index contributed by atoms with van der Waals surface area (Å²) in [5.74, 6) is 2.05. The molecule has 0 amide bonds. The largest absolute Gasteiger partial charge is 0.439 e. The van der Waals surface area contributed by atoms with Crippen molar-refractivity contribution in [2.45, 2.75) is 97.8 Å². The zero-order valence-corrected chi connectivity index (χ0v) is 24.6. The molecule has 4 heterocycles. The van der Waals surface area contributed by atoms with Gasteiger partial charge in [-0.3, -0.25) is 9.51 Å². The van der Waals surface area contributed by atoms with Gasteiger partial charge in [-0.15, -0.1) is 11.3 Å². The number of fused-ring (bicyclic) bond motifs is 1. The van der Waals surface area contributed by atoms with Gasteiger partial charge in [0.25, 0.3) is 0 Å². The summed E-state index contributed by atoms with van der Waals surface area (Å²) in [5.41, 5.74) is -0.542. The Bertz CT molecular complexity index is 1570. The lowest BCUT2D eigenvalue weighted by molar-refractivity contribution is 0.209. The van der Waals surface area contributed by atoms with Crippen LogP contribution in [0.4, 0.5) is 10.2 Å². The number of nitrogens with zero attached hydrogens (tertiary/aromatic N) is 6. The summed E-state index contributed by atoms with van der Waals surface area (Å²) in [5, 5.41) is 8.23. The second-order valence-corrected chi connectivity index (χ2v) is 13.4. The average molecular weight is 569 g/mol. The molecule has 0 aliphatic heterocycles. The maximum atomic E-state index is 17.1. The smallest absolute Gasteiger partial charge is 0.365 e. The minimum absolute atomic E-state index is 0.109. The molecule has 1 unspecified atom stereocenters. The molecular weight excluding hydrogens is 531 g/mol. The van der Waals surface area contributed by atoms with Gasteiger partial charge in [0.05, 0.1) is 10.7 Å². The van der Waals surface area contributed by atoms with E-state index in [2.05, 4.69) is 39.3 Å². The first-order valence-electron chi connectivity index (χ1n) is 14.3. The van der Waals surface area contributed by atoms with Crippen molar-refractivity contribution in [3.63, 3.8) is 0 Å². The highest BCUT2D eigenvalue weighted by Crippen LogP contribution is 2.41. The third kappa shape index (κ3) is 4.95. The van der Waals surface area contributed by atoms with E-state index >= 15 is 4.39 Å². The fraction of sp³-hybridized carbons (Fsp3) is 0.643. The van der Waals surface area contributed by atoms with Crippen molar-refractivity contribution < 1.29 is 8.91 Å². The molecule has 214 valence electrons. The lowest BCUT2D eigenvalue weighted by Crippen LogP contribution is -2.31. The third-order valence-electron chi connectivity index (χ3n) is 8.82. The molecule has 2 N–H and O–H groups in total. The number of hydrogen-bond acceptors (Lipinski definition) is 9. The molecular formula is C28H37FN8O2S. The lowest BCUT2D eigenvalue weighted by atomic mass is 9.80. The predicted molar refractivity (Wildman–Crippen MR) is 152 cm³/mol. The minimum atomic E-state index is -1.95. The number of aromatic nitrogens is 7. The van der Waals surface area contributed by atoms with E-state index in [1.54, 1.807) is 6.92 Å². The van der Waals surface area contributed by atoms with E-state index in [0.717, 1.165) is 48.4 Å². The molecule has 6 rings (SSSR count). The van der Waals surface area contributed by atoms with E-state index in [-0.39, 0.29) is 23.5 Å². The summed E-state index contributed by atoms with van der Waals surface area (Å²) in [6.45, 7) is 10.4. The highest BCUT2D eigenvalue weighted by atomic mass is 32.1. The standard InChI is InChI=1S/C28H37FN8O2S/c1-14-9-11-18(12-10-14)13-37-20-22(30-15(2)19-7-6-8-19)32-24(25-35-27(38)39-36-25)33-23(20)34-26(37)28(5,29)21-16(3)40-17(4)31-21/h14-15,18-19H,6-13H2,1-5H3,(H,30,32,33)(H,35,36,38)/t14?,15-,18?,28?/m1/s1. The van der Waals surface area contributed by atoms with Gasteiger partial charge in [-0.25, -0.2) is 29.1 Å². The van der Waals surface area contributed by atoms with E-state index in [1.807, 2.05) is 18.4 Å². The molecule has 2 aliphatic carbocycles. The fourth-order valence-corrected chi connectivity index (χ4v) is 7.13. The molecule has 4 aromatic rings. The SMILES string of the molecule is Cc1nc(C(C)(F)c2nc3nc(-c4noc(=O)[nH]4)nc(N[C@H](C)C4CCC4)c3n2CC2CCC(C)CC2)c(C)s1. The minimum Gasteiger partial charge on any atom is -0.365 e. The Morgan fingerprint density at radius 1 is 1.15 bits per heavy atom. The van der Waals surface area contributed by atoms with Crippen LogP contribution >= 0.6 is 11.3 Å². The van der Waals surface area contributed by atoms with Gasteiger partial charge in [0.15, 0.2) is 17.3 Å². The first-order chi connectivity index (χ1) is 19.1. The number of anilines is 1. The number of halogens is 1. The normalized spacial score (nSPS) is 22.2. The van der Waals surface area contributed by atoms with Crippen LogP contribution in [0, 0.1) is 31.6 Å². The predicted octanol–water partition coefficient (Wildman–Crippen LogP) is 5.90. The zero-order valence-electron chi connectivity index (χ0n) is 23.8. The molecule has 0 saturated heterocycles. The van der Waals surface area contributed by atoms with Crippen molar-refractivity contribution in [1.29, 1.82) is 0 Å². The van der Waals surface area contributed by atoms with Crippen LogP contribution < -0.4 is 11.1 Å². The van der Waals surface area contributed by atoms with Crippen molar-refractivity contribution in [1.82, 2.24) is 34.6 Å². The second-order valence-electron chi connectivity index (χ2n) is 11.9. The molecule has 0 aromatic carbocycles. The second kappa shape index (κ2) is 10.4. The molecule has 0 spiro atoms. The fourth-order valence-electron chi connectivity index (χ4n) is 6.22. The number of aromatic amines is 1. The highest BCUT2D eigenvalue weighted by Gasteiger charge is 2.40. The Kier molecular flexibility index (Phi) is 7.00. The highest BCUT2D eigenvalue weighted by molar-refractivity contribution is 7.11. The van der Waals surface area contributed by atoms with Crippen LogP contribution in [-0.4, -0.2) is 40.7 Å². The van der Waals surface area contributed by atoms with Gasteiger partial charge in [-0.1, -0.05) is 31.3 Å². The zero-order chi connectivity index (χ0) is 28.2. The Morgan fingerprint density at radius 3 is 2.50 bits per heavy atom. The summed E-state index contributed by atoms with van der Waals surface area (Å²) < 4.78 is 23.8. The molecule has 2 saturated carbocycles. The number of hydrogen-bond donors (Lipinski definition) is 2. The van der Waals surface area contributed by atoms with Gasteiger partial charge < -0.3 is 9.88 Å². The van der Waals surface area contributed by atoms with Gasteiger partial charge in [0.2, 0.25) is 17.3 Å². The van der Waals surface area contributed by atoms with E-state index < -0.39 is 11.4 Å². The Labute approximate surface area is 236 Å². The first kappa shape index (κ1) is 27.0. The number of thiazole rings is 1. The van der Waals surface area contributed by atoms with Gasteiger partial charge in [-0.05, 0) is 71.1 Å². The Balaban J connectivity index is 1.54. The topological polar surface area (TPSA) is 127 Å². The van der Waals surface area contributed by atoms with E-state index in [4.69, 9.17) is 14.5 Å². The van der Waals surface area contributed by atoms with Gasteiger partial charge in [-0.2, -0.15) is 0 Å². The summed E-state index contributed by atoms with van der Waals surface area (Å²) in [6, 6.07) is 0.151. The van der Waals surface area contributed by atoms with Gasteiger partial charge in [0.1, 0.15) is 5.52 Å². The summed E-state index contributed by atoms with van der Waals surface area (Å²) in [6.07, 6.45) is 8.01. The van der Waals surface area contributed by atoms with Crippen molar-refractivity contribution >= 4 is 28.3 Å². The molecule has 4 aromatic heterocycles. The van der Waals surface area contributed by atoms with Crippen LogP contribution in [0.1, 0.15) is 87.1 Å². The average Bonchev–Trinajstić information content (AvgIpc) is 3.56. The van der Waals surface area contributed by atoms with Crippen LogP contribution in [0.15, 0.2) is 9.32 Å². The number of rotatable bonds is 8. The summed E-state index contributed by atoms with van der Waals surface area (Å²) >= 11 is 1.48. The molecule has 0 bridgehead atoms. The Morgan fingerprint density at radius 2 is 1.90 bits per heavy atom. The van der Waals surface area contributed by atoms with Crippen LogP contribution in [0.25, 0.3) is 22.8 Å². The Hall–Kier alpha value is -3.15. The number of alkyl halides is 1. The van der Waals surface area contributed by atoms with Crippen LogP contribution in [0.5, 0.6) is 0 Å². The number of nitrogens with one attached hydrogen (secondary N) is 2. The summed E-state index contributed by atoms with van der Waals surface area (Å²) in [4.78, 5) is 34.0. The van der Waals surface area contributed by atoms with E-state index in [9.17, 15) is 4.79 Å². The maximum absolute atomic E-state index is 17.1. The van der Waals surface area contributed by atoms with Crippen molar-refractivity contribution in [2.75, 3.05) is 5.32 Å². The molecule has 10 nitrogen and oxygen atoms in total. The third-order valence-corrected chi connectivity index (χ3v) is 9.71. The molecule has 2 aliphatic rings. The molecule has 0 radical (unpaired) electrons. The van der Waals surface area contributed by atoms with Crippen molar-refractivity contribution in [3.05, 3.63) is 32.0 Å². The molecule has 2 fully saturated rings.